The fourth-order valence-electron chi connectivity index (χ4n) is 3.85. The molecular formula is C23H24N2O5. The van der Waals surface area contributed by atoms with Crippen molar-refractivity contribution in [1.29, 1.82) is 0 Å². The van der Waals surface area contributed by atoms with Crippen LogP contribution in [0.4, 0.5) is 4.79 Å². The van der Waals surface area contributed by atoms with Crippen LogP contribution >= 0.6 is 0 Å². The SMILES string of the molecule is CC(CNC(=O)OCC1c2ccccc2-c2ccccc21)C(=O)NC1(C(=O)O)CC1. The van der Waals surface area contributed by atoms with Crippen LogP contribution in [0.5, 0.6) is 0 Å². The molecule has 156 valence electrons. The van der Waals surface area contributed by atoms with Crippen molar-refractivity contribution in [2.24, 2.45) is 5.92 Å². The molecule has 2 aliphatic rings. The van der Waals surface area contributed by atoms with Crippen LogP contribution in [0.25, 0.3) is 11.1 Å². The first-order chi connectivity index (χ1) is 14.4. The molecule has 2 aromatic carbocycles. The van der Waals surface area contributed by atoms with Crippen molar-refractivity contribution in [2.75, 3.05) is 13.2 Å². The first kappa shape index (κ1) is 19.9. The molecule has 1 unspecified atom stereocenters. The minimum atomic E-state index is -1.13. The van der Waals surface area contributed by atoms with Gasteiger partial charge in [-0.1, -0.05) is 55.5 Å². The number of rotatable bonds is 7. The number of carboxylic acids is 1. The molecule has 0 bridgehead atoms. The van der Waals surface area contributed by atoms with Gasteiger partial charge in [0.15, 0.2) is 0 Å². The highest BCUT2D eigenvalue weighted by Crippen LogP contribution is 2.44. The molecule has 0 spiro atoms. The van der Waals surface area contributed by atoms with Crippen molar-refractivity contribution >= 4 is 18.0 Å². The second-order valence-corrected chi connectivity index (χ2v) is 7.98. The van der Waals surface area contributed by atoms with Gasteiger partial charge in [-0.3, -0.25) is 4.79 Å². The third-order valence-corrected chi connectivity index (χ3v) is 5.87. The maximum absolute atomic E-state index is 12.2. The lowest BCUT2D eigenvalue weighted by molar-refractivity contribution is -0.143. The predicted molar refractivity (Wildman–Crippen MR) is 110 cm³/mol. The molecule has 1 atom stereocenters. The number of aliphatic carboxylic acids is 1. The van der Waals surface area contributed by atoms with Crippen LogP contribution in [0.2, 0.25) is 0 Å². The standard InChI is InChI=1S/C23H24N2O5/c1-14(20(26)25-23(10-11-23)21(27)28)12-24-22(29)30-13-19-17-8-4-2-6-15(17)16-7-3-5-9-18(16)19/h2-9,14,19H,10-13H2,1H3,(H,24,29)(H,25,26)(H,27,28). The Hall–Kier alpha value is -3.35. The summed E-state index contributed by atoms with van der Waals surface area (Å²) in [5.41, 5.74) is 3.43. The number of hydrogen-bond donors (Lipinski definition) is 3. The second kappa shape index (κ2) is 7.82. The van der Waals surface area contributed by atoms with E-state index in [4.69, 9.17) is 9.84 Å². The predicted octanol–water partition coefficient (Wildman–Crippen LogP) is 2.89. The number of hydrogen-bond acceptors (Lipinski definition) is 4. The largest absolute Gasteiger partial charge is 0.480 e. The molecule has 4 rings (SSSR count). The van der Waals surface area contributed by atoms with Crippen LogP contribution < -0.4 is 10.6 Å². The van der Waals surface area contributed by atoms with Crippen molar-refractivity contribution in [2.45, 2.75) is 31.2 Å². The van der Waals surface area contributed by atoms with Crippen LogP contribution in [0.15, 0.2) is 48.5 Å². The molecule has 7 nitrogen and oxygen atoms in total. The fourth-order valence-corrected chi connectivity index (χ4v) is 3.85. The average Bonchev–Trinajstić information content (AvgIpc) is 3.46. The number of nitrogens with one attached hydrogen (secondary N) is 2. The Kier molecular flexibility index (Phi) is 5.20. The summed E-state index contributed by atoms with van der Waals surface area (Å²) in [7, 11) is 0. The minimum absolute atomic E-state index is 0.0332. The molecule has 0 heterocycles. The van der Waals surface area contributed by atoms with Crippen molar-refractivity contribution in [3.8, 4) is 11.1 Å². The van der Waals surface area contributed by atoms with Crippen LogP contribution in [0.1, 0.15) is 36.8 Å². The zero-order valence-electron chi connectivity index (χ0n) is 16.7. The average molecular weight is 408 g/mol. The van der Waals surface area contributed by atoms with Crippen LogP contribution in [-0.4, -0.2) is 41.8 Å². The number of ether oxygens (including phenoxy) is 1. The Morgan fingerprint density at radius 1 is 1.07 bits per heavy atom. The van der Waals surface area contributed by atoms with Gasteiger partial charge in [-0.25, -0.2) is 9.59 Å². The van der Waals surface area contributed by atoms with E-state index in [2.05, 4.69) is 22.8 Å². The topological polar surface area (TPSA) is 105 Å². The monoisotopic (exact) mass is 408 g/mol. The molecule has 3 N–H and O–H groups in total. The lowest BCUT2D eigenvalue weighted by atomic mass is 9.98. The van der Waals surface area contributed by atoms with E-state index < -0.39 is 29.4 Å². The van der Waals surface area contributed by atoms with E-state index in [1.54, 1.807) is 6.92 Å². The molecule has 0 aromatic heterocycles. The van der Waals surface area contributed by atoms with Gasteiger partial charge in [-0.05, 0) is 35.1 Å². The maximum atomic E-state index is 12.2. The number of carbonyl (C=O) groups excluding carboxylic acids is 2. The summed E-state index contributed by atoms with van der Waals surface area (Å²) in [6, 6.07) is 16.2. The first-order valence-electron chi connectivity index (χ1n) is 10.1. The summed E-state index contributed by atoms with van der Waals surface area (Å²) in [5, 5.41) is 14.3. The Balaban J connectivity index is 1.30. The number of benzene rings is 2. The number of amides is 2. The summed E-state index contributed by atoms with van der Waals surface area (Å²) < 4.78 is 5.45. The number of fused-ring (bicyclic) bond motifs is 3. The Morgan fingerprint density at radius 3 is 2.17 bits per heavy atom. The summed E-state index contributed by atoms with van der Waals surface area (Å²) in [5.74, 6) is -2.02. The zero-order valence-corrected chi connectivity index (χ0v) is 16.7. The van der Waals surface area contributed by atoms with E-state index in [1.807, 2.05) is 36.4 Å². The molecule has 0 saturated heterocycles. The van der Waals surface area contributed by atoms with E-state index in [1.165, 1.54) is 0 Å². The summed E-state index contributed by atoms with van der Waals surface area (Å²) in [4.78, 5) is 35.6. The highest BCUT2D eigenvalue weighted by atomic mass is 16.5. The van der Waals surface area contributed by atoms with E-state index in [0.29, 0.717) is 12.8 Å². The molecule has 7 heteroatoms. The quantitative estimate of drug-likeness (QED) is 0.653. The van der Waals surface area contributed by atoms with Gasteiger partial charge in [0.05, 0.1) is 5.92 Å². The van der Waals surface area contributed by atoms with E-state index in [-0.39, 0.29) is 19.1 Å². The van der Waals surface area contributed by atoms with Gasteiger partial charge in [0.2, 0.25) is 5.91 Å². The van der Waals surface area contributed by atoms with Gasteiger partial charge in [0.25, 0.3) is 0 Å². The van der Waals surface area contributed by atoms with Gasteiger partial charge in [0.1, 0.15) is 12.1 Å². The van der Waals surface area contributed by atoms with Crippen molar-refractivity contribution in [3.05, 3.63) is 59.7 Å². The van der Waals surface area contributed by atoms with Crippen molar-refractivity contribution in [3.63, 3.8) is 0 Å². The third-order valence-electron chi connectivity index (χ3n) is 5.87. The molecule has 2 aliphatic carbocycles. The Labute approximate surface area is 174 Å². The Bertz CT molecular complexity index is 953. The second-order valence-electron chi connectivity index (χ2n) is 7.98. The maximum Gasteiger partial charge on any atom is 0.407 e. The first-order valence-corrected chi connectivity index (χ1v) is 10.1. The van der Waals surface area contributed by atoms with Gasteiger partial charge >= 0.3 is 12.1 Å². The lowest BCUT2D eigenvalue weighted by Gasteiger charge is -2.18. The van der Waals surface area contributed by atoms with E-state index in [0.717, 1.165) is 22.3 Å². The summed E-state index contributed by atoms with van der Waals surface area (Å²) in [6.45, 7) is 1.90. The molecule has 1 saturated carbocycles. The molecular weight excluding hydrogens is 384 g/mol. The number of carbonyl (C=O) groups is 3. The molecule has 0 aliphatic heterocycles. The molecule has 2 aromatic rings. The Morgan fingerprint density at radius 2 is 1.63 bits per heavy atom. The molecule has 1 fully saturated rings. The highest BCUT2D eigenvalue weighted by molar-refractivity contribution is 5.90. The molecule has 30 heavy (non-hydrogen) atoms. The smallest absolute Gasteiger partial charge is 0.407 e. The van der Waals surface area contributed by atoms with Gasteiger partial charge in [-0.2, -0.15) is 0 Å². The summed E-state index contributed by atoms with van der Waals surface area (Å²) in [6.07, 6.45) is 0.261. The highest BCUT2D eigenvalue weighted by Gasteiger charge is 2.51. The van der Waals surface area contributed by atoms with Crippen LogP contribution in [-0.2, 0) is 14.3 Å². The van der Waals surface area contributed by atoms with Gasteiger partial charge in [0, 0.05) is 12.5 Å². The van der Waals surface area contributed by atoms with Gasteiger partial charge < -0.3 is 20.5 Å². The third kappa shape index (κ3) is 3.75. The number of carboxylic acid groups (broad SMARTS) is 1. The van der Waals surface area contributed by atoms with Crippen molar-refractivity contribution < 1.29 is 24.2 Å². The van der Waals surface area contributed by atoms with E-state index >= 15 is 0 Å². The normalized spacial score (nSPS) is 16.7. The minimum Gasteiger partial charge on any atom is -0.480 e. The molecule has 0 radical (unpaired) electrons. The summed E-state index contributed by atoms with van der Waals surface area (Å²) >= 11 is 0. The number of alkyl carbamates (subject to hydrolysis) is 1. The fraction of sp³-hybridized carbons (Fsp3) is 0.348. The zero-order chi connectivity index (χ0) is 21.3. The van der Waals surface area contributed by atoms with Crippen LogP contribution in [0.3, 0.4) is 0 Å². The van der Waals surface area contributed by atoms with Crippen LogP contribution in [0, 0.1) is 5.92 Å². The van der Waals surface area contributed by atoms with Crippen molar-refractivity contribution in [1.82, 2.24) is 10.6 Å². The lowest BCUT2D eigenvalue weighted by Crippen LogP contribution is -2.47. The van der Waals surface area contributed by atoms with Gasteiger partial charge in [-0.15, -0.1) is 0 Å². The van der Waals surface area contributed by atoms with E-state index in [9.17, 15) is 14.4 Å². The molecule has 2 amide bonds.